The van der Waals surface area contributed by atoms with Crippen LogP contribution in [0.2, 0.25) is 0 Å². The summed E-state index contributed by atoms with van der Waals surface area (Å²) in [5, 5.41) is 4.39. The van der Waals surface area contributed by atoms with Crippen LogP contribution in [0, 0.1) is 5.92 Å². The Kier molecular flexibility index (Phi) is 3.01. The molecule has 14 heavy (non-hydrogen) atoms. The molecule has 1 aliphatic rings. The van der Waals surface area contributed by atoms with Gasteiger partial charge in [0.25, 0.3) is 0 Å². The fourth-order valence-corrected chi connectivity index (χ4v) is 3.09. The van der Waals surface area contributed by atoms with Crippen LogP contribution < -0.4 is 5.73 Å². The molecule has 2 rings (SSSR count). The summed E-state index contributed by atoms with van der Waals surface area (Å²) in [6.45, 7) is 0. The third-order valence-electron chi connectivity index (χ3n) is 2.81. The molecule has 78 valence electrons. The van der Waals surface area contributed by atoms with Crippen molar-refractivity contribution in [1.29, 1.82) is 0 Å². The number of nitrogens with two attached hydrogens (primary N) is 1. The standard InChI is InChI=1S/C10H17N3S/c1-13-10(11)7-9(12-13)6-8-2-4-14-5-3-8/h7-8H,2-6,11H2,1H3. The Morgan fingerprint density at radius 3 is 2.86 bits per heavy atom. The van der Waals surface area contributed by atoms with E-state index in [4.69, 9.17) is 5.73 Å². The number of nitrogens with zero attached hydrogens (tertiary/aromatic N) is 2. The van der Waals surface area contributed by atoms with Crippen molar-refractivity contribution in [1.82, 2.24) is 9.78 Å². The highest BCUT2D eigenvalue weighted by Crippen LogP contribution is 2.25. The summed E-state index contributed by atoms with van der Waals surface area (Å²) in [5.74, 6) is 4.22. The van der Waals surface area contributed by atoms with E-state index >= 15 is 0 Å². The van der Waals surface area contributed by atoms with E-state index < -0.39 is 0 Å². The van der Waals surface area contributed by atoms with Gasteiger partial charge >= 0.3 is 0 Å². The molecular formula is C10H17N3S. The lowest BCUT2D eigenvalue weighted by atomic mass is 9.97. The van der Waals surface area contributed by atoms with Crippen LogP contribution in [0.1, 0.15) is 18.5 Å². The van der Waals surface area contributed by atoms with Crippen LogP contribution in [0.3, 0.4) is 0 Å². The second-order valence-electron chi connectivity index (χ2n) is 3.94. The predicted octanol–water partition coefficient (Wildman–Crippen LogP) is 1.69. The summed E-state index contributed by atoms with van der Waals surface area (Å²) in [6.07, 6.45) is 3.77. The fourth-order valence-electron chi connectivity index (χ4n) is 1.89. The fraction of sp³-hybridized carbons (Fsp3) is 0.700. The molecule has 0 bridgehead atoms. The average molecular weight is 211 g/mol. The van der Waals surface area contributed by atoms with Crippen LogP contribution in [0.25, 0.3) is 0 Å². The molecule has 0 aliphatic carbocycles. The van der Waals surface area contributed by atoms with E-state index in [2.05, 4.69) is 16.9 Å². The molecule has 1 aromatic rings. The van der Waals surface area contributed by atoms with E-state index in [1.54, 1.807) is 4.68 Å². The lowest BCUT2D eigenvalue weighted by molar-refractivity contribution is 0.479. The highest BCUT2D eigenvalue weighted by molar-refractivity contribution is 7.99. The van der Waals surface area contributed by atoms with Crippen molar-refractivity contribution < 1.29 is 0 Å². The van der Waals surface area contributed by atoms with Crippen molar-refractivity contribution in [2.24, 2.45) is 13.0 Å². The molecule has 2 N–H and O–H groups in total. The SMILES string of the molecule is Cn1nc(CC2CCSCC2)cc1N. The van der Waals surface area contributed by atoms with E-state index in [9.17, 15) is 0 Å². The van der Waals surface area contributed by atoms with Gasteiger partial charge in [-0.15, -0.1) is 0 Å². The maximum absolute atomic E-state index is 5.74. The maximum Gasteiger partial charge on any atom is 0.121 e. The third-order valence-corrected chi connectivity index (χ3v) is 3.85. The number of aromatic nitrogens is 2. The summed E-state index contributed by atoms with van der Waals surface area (Å²) in [5.41, 5.74) is 6.90. The Hall–Kier alpha value is -0.640. The van der Waals surface area contributed by atoms with Gasteiger partial charge in [-0.3, -0.25) is 4.68 Å². The molecule has 1 aromatic heterocycles. The number of hydrogen-bond donors (Lipinski definition) is 1. The van der Waals surface area contributed by atoms with Gasteiger partial charge in [0.1, 0.15) is 5.82 Å². The molecule has 4 heteroatoms. The van der Waals surface area contributed by atoms with E-state index in [0.717, 1.165) is 23.9 Å². The molecule has 0 spiro atoms. The summed E-state index contributed by atoms with van der Waals surface area (Å²) in [6, 6.07) is 2.00. The lowest BCUT2D eigenvalue weighted by Crippen LogP contribution is -2.12. The van der Waals surface area contributed by atoms with Gasteiger partial charge in [-0.2, -0.15) is 16.9 Å². The Labute approximate surface area is 89.1 Å². The second-order valence-corrected chi connectivity index (χ2v) is 5.17. The molecule has 0 atom stereocenters. The Morgan fingerprint density at radius 2 is 2.29 bits per heavy atom. The summed E-state index contributed by atoms with van der Waals surface area (Å²) in [7, 11) is 1.90. The van der Waals surface area contributed by atoms with Gasteiger partial charge in [-0.1, -0.05) is 0 Å². The van der Waals surface area contributed by atoms with Crippen LogP contribution in [0.5, 0.6) is 0 Å². The number of aryl methyl sites for hydroxylation is 1. The van der Waals surface area contributed by atoms with Crippen LogP contribution in [0.15, 0.2) is 6.07 Å². The first-order valence-corrected chi connectivity index (χ1v) is 6.27. The Bertz CT molecular complexity index is 283. The largest absolute Gasteiger partial charge is 0.384 e. The van der Waals surface area contributed by atoms with Crippen LogP contribution >= 0.6 is 11.8 Å². The molecule has 1 fully saturated rings. The van der Waals surface area contributed by atoms with E-state index in [1.807, 2.05) is 13.1 Å². The zero-order chi connectivity index (χ0) is 9.97. The highest BCUT2D eigenvalue weighted by atomic mass is 32.2. The van der Waals surface area contributed by atoms with Crippen molar-refractivity contribution in [3.05, 3.63) is 11.8 Å². The summed E-state index contributed by atoms with van der Waals surface area (Å²) in [4.78, 5) is 0. The molecule has 0 amide bonds. The van der Waals surface area contributed by atoms with Crippen LogP contribution in [-0.2, 0) is 13.5 Å². The molecule has 0 aromatic carbocycles. The van der Waals surface area contributed by atoms with Crippen molar-refractivity contribution in [2.75, 3.05) is 17.2 Å². The molecule has 0 saturated carbocycles. The number of thioether (sulfide) groups is 1. The monoisotopic (exact) mass is 211 g/mol. The molecule has 2 heterocycles. The average Bonchev–Trinajstić information content (AvgIpc) is 2.47. The Morgan fingerprint density at radius 1 is 1.57 bits per heavy atom. The predicted molar refractivity (Wildman–Crippen MR) is 61.4 cm³/mol. The van der Waals surface area contributed by atoms with Gasteiger partial charge < -0.3 is 5.73 Å². The first-order chi connectivity index (χ1) is 6.75. The third kappa shape index (κ3) is 2.23. The van der Waals surface area contributed by atoms with Crippen molar-refractivity contribution in [3.8, 4) is 0 Å². The number of rotatable bonds is 2. The van der Waals surface area contributed by atoms with Gasteiger partial charge in [0, 0.05) is 13.1 Å². The topological polar surface area (TPSA) is 43.8 Å². The van der Waals surface area contributed by atoms with Gasteiger partial charge in [0.15, 0.2) is 0 Å². The van der Waals surface area contributed by atoms with Gasteiger partial charge in [-0.25, -0.2) is 0 Å². The normalized spacial score (nSPS) is 18.6. The zero-order valence-corrected chi connectivity index (χ0v) is 9.39. The van der Waals surface area contributed by atoms with E-state index in [-0.39, 0.29) is 0 Å². The van der Waals surface area contributed by atoms with Crippen molar-refractivity contribution in [2.45, 2.75) is 19.3 Å². The molecule has 3 nitrogen and oxygen atoms in total. The van der Waals surface area contributed by atoms with Crippen LogP contribution in [0.4, 0.5) is 5.82 Å². The molecule has 0 unspecified atom stereocenters. The van der Waals surface area contributed by atoms with E-state index in [1.165, 1.54) is 24.3 Å². The molecule has 0 radical (unpaired) electrons. The molecule has 1 aliphatic heterocycles. The first kappa shape index (κ1) is 9.90. The van der Waals surface area contributed by atoms with Gasteiger partial charge in [-0.05, 0) is 36.7 Å². The van der Waals surface area contributed by atoms with Crippen molar-refractivity contribution >= 4 is 17.6 Å². The quantitative estimate of drug-likeness (QED) is 0.809. The maximum atomic E-state index is 5.74. The smallest absolute Gasteiger partial charge is 0.121 e. The Balaban J connectivity index is 1.95. The molecule has 1 saturated heterocycles. The number of nitrogen functional groups attached to an aromatic ring is 1. The number of hydrogen-bond acceptors (Lipinski definition) is 3. The lowest BCUT2D eigenvalue weighted by Gasteiger charge is -2.19. The summed E-state index contributed by atoms with van der Waals surface area (Å²) >= 11 is 2.07. The van der Waals surface area contributed by atoms with E-state index in [0.29, 0.717) is 0 Å². The first-order valence-electron chi connectivity index (χ1n) is 5.12. The second kappa shape index (κ2) is 4.26. The summed E-state index contributed by atoms with van der Waals surface area (Å²) < 4.78 is 1.76. The van der Waals surface area contributed by atoms with Crippen molar-refractivity contribution in [3.63, 3.8) is 0 Å². The van der Waals surface area contributed by atoms with Gasteiger partial charge in [0.2, 0.25) is 0 Å². The minimum Gasteiger partial charge on any atom is -0.384 e. The molecular weight excluding hydrogens is 194 g/mol. The number of anilines is 1. The highest BCUT2D eigenvalue weighted by Gasteiger charge is 2.15. The van der Waals surface area contributed by atoms with Gasteiger partial charge in [0.05, 0.1) is 5.69 Å². The minimum absolute atomic E-state index is 0.769. The zero-order valence-electron chi connectivity index (χ0n) is 8.57. The van der Waals surface area contributed by atoms with Crippen LogP contribution in [-0.4, -0.2) is 21.3 Å². The minimum atomic E-state index is 0.769.